The molecule has 0 heterocycles. The fourth-order valence-electron chi connectivity index (χ4n) is 1.29. The summed E-state index contributed by atoms with van der Waals surface area (Å²) in [7, 11) is 0. The van der Waals surface area contributed by atoms with Crippen LogP contribution in [0.3, 0.4) is 0 Å². The monoisotopic (exact) mass is 259 g/mol. The second-order valence-electron chi connectivity index (χ2n) is 3.66. The van der Waals surface area contributed by atoms with Crippen LogP contribution >= 0.6 is 15.9 Å². The fraction of sp³-hybridized carbons (Fsp3) is 0.455. The van der Waals surface area contributed by atoms with E-state index in [1.54, 1.807) is 6.07 Å². The number of hydrogen-bond acceptors (Lipinski definition) is 1. The van der Waals surface area contributed by atoms with Gasteiger partial charge in [0.25, 0.3) is 0 Å². The summed E-state index contributed by atoms with van der Waals surface area (Å²) in [5.41, 5.74) is 6.54. The quantitative estimate of drug-likeness (QED) is 0.884. The van der Waals surface area contributed by atoms with Gasteiger partial charge < -0.3 is 5.73 Å². The molecule has 0 radical (unpaired) electrons. The van der Waals surface area contributed by atoms with Crippen molar-refractivity contribution in [2.24, 2.45) is 11.7 Å². The van der Waals surface area contributed by atoms with Gasteiger partial charge in [0, 0.05) is 4.47 Å². The first-order valence-electron chi connectivity index (χ1n) is 4.77. The van der Waals surface area contributed by atoms with Crippen molar-refractivity contribution in [1.29, 1.82) is 0 Å². The Morgan fingerprint density at radius 2 is 2.14 bits per heavy atom. The van der Waals surface area contributed by atoms with Gasteiger partial charge in [-0.05, 0) is 49.1 Å². The maximum absolute atomic E-state index is 13.0. The first kappa shape index (κ1) is 11.7. The van der Waals surface area contributed by atoms with Crippen LogP contribution in [0.25, 0.3) is 0 Å². The highest BCUT2D eigenvalue weighted by molar-refractivity contribution is 9.10. The van der Waals surface area contributed by atoms with Crippen molar-refractivity contribution in [3.8, 4) is 0 Å². The molecular weight excluding hydrogens is 245 g/mol. The van der Waals surface area contributed by atoms with Gasteiger partial charge >= 0.3 is 0 Å². The summed E-state index contributed by atoms with van der Waals surface area (Å²) in [5.74, 6) is 0.312. The van der Waals surface area contributed by atoms with Crippen molar-refractivity contribution in [3.05, 3.63) is 34.1 Å². The van der Waals surface area contributed by atoms with Crippen molar-refractivity contribution in [1.82, 2.24) is 0 Å². The average Bonchev–Trinajstić information content (AvgIpc) is 2.12. The molecule has 2 N–H and O–H groups in total. The number of benzene rings is 1. The van der Waals surface area contributed by atoms with E-state index in [9.17, 15) is 4.39 Å². The highest BCUT2D eigenvalue weighted by Gasteiger charge is 2.02. The van der Waals surface area contributed by atoms with Crippen molar-refractivity contribution in [2.45, 2.75) is 19.8 Å². The van der Waals surface area contributed by atoms with Crippen molar-refractivity contribution in [2.75, 3.05) is 6.54 Å². The largest absolute Gasteiger partial charge is 0.330 e. The summed E-state index contributed by atoms with van der Waals surface area (Å²) in [6, 6.07) is 5.00. The van der Waals surface area contributed by atoms with Gasteiger partial charge in [-0.1, -0.05) is 22.9 Å². The van der Waals surface area contributed by atoms with Gasteiger partial charge in [0.05, 0.1) is 0 Å². The standard InChI is InChI=1S/C11H15BrFN/c1-8(7-14)2-3-9-4-10(12)6-11(13)5-9/h4-6,8H,2-3,7,14H2,1H3. The van der Waals surface area contributed by atoms with Crippen LogP contribution in [0.1, 0.15) is 18.9 Å². The van der Waals surface area contributed by atoms with Gasteiger partial charge in [0.15, 0.2) is 0 Å². The summed E-state index contributed by atoms with van der Waals surface area (Å²) < 4.78 is 13.8. The molecule has 1 aromatic rings. The third-order valence-electron chi connectivity index (χ3n) is 2.25. The molecule has 0 aliphatic rings. The molecule has 1 rings (SSSR count). The van der Waals surface area contributed by atoms with E-state index >= 15 is 0 Å². The molecule has 1 atom stereocenters. The number of hydrogen-bond donors (Lipinski definition) is 1. The van der Waals surface area contributed by atoms with E-state index in [1.807, 2.05) is 6.07 Å². The molecule has 0 fully saturated rings. The Hall–Kier alpha value is -0.410. The van der Waals surface area contributed by atoms with Crippen LogP contribution in [0, 0.1) is 11.7 Å². The molecule has 0 saturated carbocycles. The van der Waals surface area contributed by atoms with Gasteiger partial charge in [-0.15, -0.1) is 0 Å². The van der Waals surface area contributed by atoms with E-state index in [1.165, 1.54) is 6.07 Å². The zero-order valence-corrected chi connectivity index (χ0v) is 9.85. The van der Waals surface area contributed by atoms with Crippen LogP contribution in [0.2, 0.25) is 0 Å². The van der Waals surface area contributed by atoms with E-state index in [0.29, 0.717) is 12.5 Å². The summed E-state index contributed by atoms with van der Waals surface area (Å²) >= 11 is 3.27. The molecule has 0 saturated heterocycles. The fourth-order valence-corrected chi connectivity index (χ4v) is 1.80. The van der Waals surface area contributed by atoms with E-state index in [4.69, 9.17) is 5.73 Å². The highest BCUT2D eigenvalue weighted by atomic mass is 79.9. The lowest BCUT2D eigenvalue weighted by Crippen LogP contribution is -2.11. The van der Waals surface area contributed by atoms with E-state index < -0.39 is 0 Å². The second-order valence-corrected chi connectivity index (χ2v) is 4.57. The Kier molecular flexibility index (Phi) is 4.55. The average molecular weight is 260 g/mol. The van der Waals surface area contributed by atoms with Gasteiger partial charge in [-0.2, -0.15) is 0 Å². The maximum atomic E-state index is 13.0. The first-order chi connectivity index (χ1) is 6.61. The number of rotatable bonds is 4. The molecule has 0 bridgehead atoms. The van der Waals surface area contributed by atoms with Crippen molar-refractivity contribution in [3.63, 3.8) is 0 Å². The summed E-state index contributed by atoms with van der Waals surface area (Å²) in [4.78, 5) is 0. The smallest absolute Gasteiger partial charge is 0.124 e. The Balaban J connectivity index is 2.58. The van der Waals surface area contributed by atoms with Crippen molar-refractivity contribution < 1.29 is 4.39 Å². The van der Waals surface area contributed by atoms with Gasteiger partial charge in [-0.3, -0.25) is 0 Å². The van der Waals surface area contributed by atoms with Crippen LogP contribution in [0.4, 0.5) is 4.39 Å². The third-order valence-corrected chi connectivity index (χ3v) is 2.71. The van der Waals surface area contributed by atoms with E-state index in [0.717, 1.165) is 22.9 Å². The van der Waals surface area contributed by atoms with Crippen LogP contribution in [0.5, 0.6) is 0 Å². The van der Waals surface area contributed by atoms with Crippen LogP contribution in [-0.2, 0) is 6.42 Å². The summed E-state index contributed by atoms with van der Waals surface area (Å²) in [6.07, 6.45) is 1.89. The molecule has 3 heteroatoms. The minimum atomic E-state index is -0.185. The van der Waals surface area contributed by atoms with Gasteiger partial charge in [0.2, 0.25) is 0 Å². The lowest BCUT2D eigenvalue weighted by Gasteiger charge is -2.08. The van der Waals surface area contributed by atoms with Crippen LogP contribution in [-0.4, -0.2) is 6.54 Å². The molecule has 1 aromatic carbocycles. The number of nitrogens with two attached hydrogens (primary N) is 1. The second kappa shape index (κ2) is 5.47. The molecule has 14 heavy (non-hydrogen) atoms. The predicted molar refractivity (Wildman–Crippen MR) is 60.6 cm³/mol. The topological polar surface area (TPSA) is 26.0 Å². The summed E-state index contributed by atoms with van der Waals surface area (Å²) in [5, 5.41) is 0. The zero-order chi connectivity index (χ0) is 10.6. The zero-order valence-electron chi connectivity index (χ0n) is 8.26. The Morgan fingerprint density at radius 1 is 1.43 bits per heavy atom. The molecule has 0 spiro atoms. The molecule has 1 unspecified atom stereocenters. The van der Waals surface area contributed by atoms with Crippen molar-refractivity contribution >= 4 is 15.9 Å². The van der Waals surface area contributed by atoms with Crippen LogP contribution in [0.15, 0.2) is 22.7 Å². The van der Waals surface area contributed by atoms with Crippen LogP contribution < -0.4 is 5.73 Å². The molecule has 78 valence electrons. The minimum Gasteiger partial charge on any atom is -0.330 e. The van der Waals surface area contributed by atoms with Gasteiger partial charge in [0.1, 0.15) is 5.82 Å². The Bertz CT molecular complexity index is 281. The lowest BCUT2D eigenvalue weighted by atomic mass is 10.0. The predicted octanol–water partition coefficient (Wildman–Crippen LogP) is 3.12. The molecule has 0 amide bonds. The van der Waals surface area contributed by atoms with E-state index in [-0.39, 0.29) is 5.82 Å². The minimum absolute atomic E-state index is 0.185. The maximum Gasteiger partial charge on any atom is 0.124 e. The molecular formula is C11H15BrFN. The highest BCUT2D eigenvalue weighted by Crippen LogP contribution is 2.17. The van der Waals surface area contributed by atoms with Gasteiger partial charge in [-0.25, -0.2) is 4.39 Å². The normalized spacial score (nSPS) is 12.9. The third kappa shape index (κ3) is 3.76. The SMILES string of the molecule is CC(CN)CCc1cc(F)cc(Br)c1. The molecule has 0 aliphatic heterocycles. The number of aryl methyl sites for hydroxylation is 1. The number of halogens is 2. The Labute approximate surface area is 92.6 Å². The molecule has 1 nitrogen and oxygen atoms in total. The first-order valence-corrected chi connectivity index (χ1v) is 5.56. The van der Waals surface area contributed by atoms with E-state index in [2.05, 4.69) is 22.9 Å². The molecule has 0 aromatic heterocycles. The Morgan fingerprint density at radius 3 is 2.71 bits per heavy atom. The lowest BCUT2D eigenvalue weighted by molar-refractivity contribution is 0.542. The summed E-state index contributed by atoms with van der Waals surface area (Å²) in [6.45, 7) is 2.80. The molecule has 0 aliphatic carbocycles.